The second kappa shape index (κ2) is 20.0. The van der Waals surface area contributed by atoms with Crippen LogP contribution in [0.1, 0.15) is 72.1 Å². The van der Waals surface area contributed by atoms with Gasteiger partial charge in [0.2, 0.25) is 23.6 Å². The maximum atomic E-state index is 13.5. The van der Waals surface area contributed by atoms with Crippen molar-refractivity contribution in [2.45, 2.75) is 69.5 Å². The molecule has 3 aromatic carbocycles. The fourth-order valence-electron chi connectivity index (χ4n) is 11.1. The fraction of sp³-hybridized carbons (Fsp3) is 0.451. The van der Waals surface area contributed by atoms with Gasteiger partial charge in [0.15, 0.2) is 5.82 Å². The number of nitrogens with zero attached hydrogens (tertiary/aromatic N) is 8. The van der Waals surface area contributed by atoms with Gasteiger partial charge in [-0.15, -0.1) is 10.2 Å². The average molecular weight is 954 g/mol. The zero-order chi connectivity index (χ0) is 48.5. The third-order valence-corrected chi connectivity index (χ3v) is 14.9. The predicted octanol–water partition coefficient (Wildman–Crippen LogP) is 3.34. The average Bonchev–Trinajstić information content (AvgIpc) is 3.79. The van der Waals surface area contributed by atoms with E-state index in [0.29, 0.717) is 62.1 Å². The van der Waals surface area contributed by atoms with Crippen molar-refractivity contribution in [3.8, 4) is 22.8 Å². The van der Waals surface area contributed by atoms with E-state index < -0.39 is 29.7 Å². The van der Waals surface area contributed by atoms with E-state index in [4.69, 9.17) is 10.5 Å². The monoisotopic (exact) mass is 953 g/mol. The van der Waals surface area contributed by atoms with E-state index >= 15 is 0 Å². The lowest BCUT2D eigenvalue weighted by Gasteiger charge is -2.43. The number of benzene rings is 3. The maximum absolute atomic E-state index is 13.5. The highest BCUT2D eigenvalue weighted by Crippen LogP contribution is 2.40. The van der Waals surface area contributed by atoms with Gasteiger partial charge >= 0.3 is 0 Å². The first-order valence-electron chi connectivity index (χ1n) is 24.5. The fourth-order valence-corrected chi connectivity index (χ4v) is 11.1. The van der Waals surface area contributed by atoms with Crippen LogP contribution in [0.4, 0.5) is 22.9 Å². The number of hydrogen-bond acceptors (Lipinski definition) is 15. The minimum atomic E-state index is -1.03. The van der Waals surface area contributed by atoms with Crippen molar-refractivity contribution in [1.29, 1.82) is 0 Å². The number of piperidine rings is 2. The van der Waals surface area contributed by atoms with Crippen molar-refractivity contribution in [3.63, 3.8) is 0 Å². The summed E-state index contributed by atoms with van der Waals surface area (Å²) in [5.74, 6) is -0.631. The molecule has 6 amide bonds. The number of nitrogens with one attached hydrogen (secondary N) is 2. The van der Waals surface area contributed by atoms with Crippen molar-refractivity contribution in [2.24, 2.45) is 5.92 Å². The lowest BCUT2D eigenvalue weighted by molar-refractivity contribution is -0.138. The molecule has 0 spiro atoms. The highest BCUT2D eigenvalue weighted by molar-refractivity contribution is 6.25. The van der Waals surface area contributed by atoms with Crippen molar-refractivity contribution < 1.29 is 38.6 Å². The second-order valence-electron chi connectivity index (χ2n) is 19.2. The van der Waals surface area contributed by atoms with Crippen molar-refractivity contribution >= 4 is 58.3 Å². The molecule has 70 heavy (non-hydrogen) atoms. The summed E-state index contributed by atoms with van der Waals surface area (Å²) in [5, 5.41) is 24.5. The van der Waals surface area contributed by atoms with E-state index in [0.717, 1.165) is 80.4 Å². The Morgan fingerprint density at radius 2 is 1.47 bits per heavy atom. The molecule has 0 radical (unpaired) electrons. The number of para-hydroxylation sites is 1. The number of carbonyl (C=O) groups excluding carboxylic acids is 6. The van der Waals surface area contributed by atoms with Crippen LogP contribution in [-0.4, -0.2) is 161 Å². The summed E-state index contributed by atoms with van der Waals surface area (Å²) in [6.07, 6.45) is 4.12. The van der Waals surface area contributed by atoms with E-state index in [-0.39, 0.29) is 72.4 Å². The molecule has 7 heterocycles. The number of anilines is 4. The number of amides is 6. The molecule has 4 aromatic rings. The zero-order valence-electron chi connectivity index (χ0n) is 39.1. The van der Waals surface area contributed by atoms with Crippen LogP contribution in [-0.2, 0) is 19.2 Å². The SMILES string of the molecule is Nc1nnc(-c2ccccc2O)cc1N1CC2CCC(C1)N2c1cccc(OCCN2CCN(C(=O)CCC(=O)N3CCC(CNc4cccc5c4C(=O)N(C4CCC(=O)NC4=O)C5=O)CC3)CC2)c1. The van der Waals surface area contributed by atoms with Crippen LogP contribution in [0.15, 0.2) is 72.8 Å². The molecular weight excluding hydrogens is 895 g/mol. The van der Waals surface area contributed by atoms with Crippen LogP contribution in [0, 0.1) is 5.92 Å². The van der Waals surface area contributed by atoms with Gasteiger partial charge in [-0.3, -0.25) is 43.9 Å². The minimum Gasteiger partial charge on any atom is -0.507 e. The van der Waals surface area contributed by atoms with E-state index in [2.05, 4.69) is 47.7 Å². The first kappa shape index (κ1) is 46.4. The first-order valence-corrected chi connectivity index (χ1v) is 24.5. The molecule has 0 aliphatic carbocycles. The van der Waals surface area contributed by atoms with Crippen LogP contribution in [0.5, 0.6) is 11.5 Å². The van der Waals surface area contributed by atoms with Gasteiger partial charge in [0.1, 0.15) is 24.1 Å². The van der Waals surface area contributed by atoms with E-state index in [1.54, 1.807) is 30.3 Å². The third-order valence-electron chi connectivity index (χ3n) is 14.9. The van der Waals surface area contributed by atoms with Gasteiger partial charge in [-0.05, 0) is 80.5 Å². The standard InChI is InChI=1S/C51H59N11O8/c52-48-42(28-40(55-56-48)37-7-1-2-10-43(37)63)60-30-34-11-12-35(31-60)61(34)33-5-3-6-36(27-33)70-26-25-57-21-23-59(24-22-57)46(66)16-15-45(65)58-19-17-32(18-20-58)29-53-39-9-4-8-38-47(39)51(69)62(50(38)68)41-13-14-44(64)54-49(41)67/h1-10,27-28,32,34-35,41,53,63H,11-26,29-31H2,(H2,52,56)(H,54,64,67). The number of phenolic OH excluding ortho intramolecular Hbond substituents is 1. The largest absolute Gasteiger partial charge is 0.507 e. The maximum Gasteiger partial charge on any atom is 0.264 e. The molecular formula is C51H59N11O8. The minimum absolute atomic E-state index is 0.00678. The molecule has 6 aliphatic heterocycles. The summed E-state index contributed by atoms with van der Waals surface area (Å²) in [6, 6.07) is 21.9. The first-order chi connectivity index (χ1) is 34.0. The quantitative estimate of drug-likeness (QED) is 0.133. The molecule has 5 N–H and O–H groups in total. The van der Waals surface area contributed by atoms with Crippen LogP contribution < -0.4 is 30.9 Å². The number of imide groups is 2. The Kier molecular flexibility index (Phi) is 13.3. The van der Waals surface area contributed by atoms with Crippen LogP contribution >= 0.6 is 0 Å². The number of rotatable bonds is 14. The molecule has 366 valence electrons. The lowest BCUT2D eigenvalue weighted by atomic mass is 9.96. The van der Waals surface area contributed by atoms with E-state index in [9.17, 15) is 33.9 Å². The Morgan fingerprint density at radius 1 is 0.771 bits per heavy atom. The molecule has 19 nitrogen and oxygen atoms in total. The molecule has 1 aromatic heterocycles. The number of ether oxygens (including phenoxy) is 1. The highest BCUT2D eigenvalue weighted by Gasteiger charge is 2.46. The van der Waals surface area contributed by atoms with Gasteiger partial charge in [0, 0.05) is 120 Å². The number of nitrogen functional groups attached to an aromatic ring is 1. The van der Waals surface area contributed by atoms with Crippen LogP contribution in [0.3, 0.4) is 0 Å². The number of nitrogens with two attached hydrogens (primary N) is 1. The second-order valence-corrected chi connectivity index (χ2v) is 19.2. The number of piperazine rings is 2. The molecule has 0 saturated carbocycles. The summed E-state index contributed by atoms with van der Waals surface area (Å²) in [7, 11) is 0. The normalized spacial score (nSPS) is 21.8. The van der Waals surface area contributed by atoms with Gasteiger partial charge in [0.05, 0.1) is 22.5 Å². The predicted molar refractivity (Wildman–Crippen MR) is 260 cm³/mol. The van der Waals surface area contributed by atoms with Crippen LogP contribution in [0.2, 0.25) is 0 Å². The Balaban J connectivity index is 0.626. The Labute approximate surface area is 405 Å². The molecule has 6 aliphatic rings. The third kappa shape index (κ3) is 9.53. The molecule has 5 fully saturated rings. The Bertz CT molecular complexity index is 2670. The number of phenols is 1. The van der Waals surface area contributed by atoms with Crippen molar-refractivity contribution in [2.75, 3.05) is 92.9 Å². The summed E-state index contributed by atoms with van der Waals surface area (Å²) in [6.45, 7) is 7.19. The molecule has 2 bridgehead atoms. The number of likely N-dealkylation sites (tertiary alicyclic amines) is 1. The Hall–Kier alpha value is -7.28. The molecule has 3 atom stereocenters. The summed E-state index contributed by atoms with van der Waals surface area (Å²) < 4.78 is 6.29. The van der Waals surface area contributed by atoms with Gasteiger partial charge in [-0.25, -0.2) is 0 Å². The number of aromatic hydroxyl groups is 1. The highest BCUT2D eigenvalue weighted by atomic mass is 16.5. The summed E-state index contributed by atoms with van der Waals surface area (Å²) in [5.41, 5.74) is 10.5. The molecule has 3 unspecified atom stereocenters. The number of carbonyl (C=O) groups is 6. The number of aromatic nitrogens is 2. The molecule has 5 saturated heterocycles. The van der Waals surface area contributed by atoms with Gasteiger partial charge in [0.25, 0.3) is 11.8 Å². The summed E-state index contributed by atoms with van der Waals surface area (Å²) >= 11 is 0. The topological polar surface area (TPSA) is 227 Å². The van der Waals surface area contributed by atoms with Crippen molar-refractivity contribution in [3.05, 3.63) is 83.9 Å². The van der Waals surface area contributed by atoms with Gasteiger partial charge < -0.3 is 40.5 Å². The number of fused-ring (bicyclic) bond motifs is 3. The molecule has 19 heteroatoms. The zero-order valence-corrected chi connectivity index (χ0v) is 39.1. The lowest BCUT2D eigenvalue weighted by Crippen LogP contribution is -2.54. The summed E-state index contributed by atoms with van der Waals surface area (Å²) in [4.78, 5) is 89.1. The smallest absolute Gasteiger partial charge is 0.264 e. The van der Waals surface area contributed by atoms with E-state index in [1.807, 2.05) is 40.1 Å². The van der Waals surface area contributed by atoms with Gasteiger partial charge in [-0.2, -0.15) is 0 Å². The van der Waals surface area contributed by atoms with Crippen molar-refractivity contribution in [1.82, 2.24) is 35.1 Å². The van der Waals surface area contributed by atoms with E-state index in [1.165, 1.54) is 0 Å². The van der Waals surface area contributed by atoms with Crippen LogP contribution in [0.25, 0.3) is 11.3 Å². The van der Waals surface area contributed by atoms with Gasteiger partial charge in [-0.1, -0.05) is 24.3 Å². The number of hydrogen-bond donors (Lipinski definition) is 4. The Morgan fingerprint density at radius 3 is 2.20 bits per heavy atom. The molecule has 10 rings (SSSR count).